The number of aromatic hydroxyl groups is 1. The molecule has 0 radical (unpaired) electrons. The molecule has 2 aromatic rings. The van der Waals surface area contributed by atoms with E-state index >= 15 is 0 Å². The maximum Gasteiger partial charge on any atom is 0.278 e. The van der Waals surface area contributed by atoms with Crippen LogP contribution >= 0.6 is 0 Å². The number of rotatable bonds is 2. The molecule has 0 spiro atoms. The predicted octanol–water partition coefficient (Wildman–Crippen LogP) is 1.57. The first-order valence-electron chi connectivity index (χ1n) is 4.74. The van der Waals surface area contributed by atoms with E-state index in [4.69, 9.17) is 0 Å². The van der Waals surface area contributed by atoms with Crippen LogP contribution in [0.4, 0.5) is 10.2 Å². The number of anilines is 1. The van der Waals surface area contributed by atoms with Crippen molar-refractivity contribution < 1.29 is 14.3 Å². The summed E-state index contributed by atoms with van der Waals surface area (Å²) in [6.45, 7) is 0. The van der Waals surface area contributed by atoms with Crippen LogP contribution in [0.1, 0.15) is 10.5 Å². The average molecular weight is 233 g/mol. The number of aromatic nitrogens is 2. The van der Waals surface area contributed by atoms with Gasteiger partial charge < -0.3 is 10.4 Å². The van der Waals surface area contributed by atoms with Crippen molar-refractivity contribution in [2.75, 3.05) is 5.32 Å². The second-order valence-electron chi connectivity index (χ2n) is 3.16. The molecule has 0 aliphatic heterocycles. The SMILES string of the molecule is O=C(Nc1ncccc1O)c1ncccc1F. The van der Waals surface area contributed by atoms with E-state index in [2.05, 4.69) is 15.3 Å². The maximum atomic E-state index is 13.2. The molecule has 86 valence electrons. The minimum atomic E-state index is -0.767. The Kier molecular flexibility index (Phi) is 2.95. The highest BCUT2D eigenvalue weighted by Gasteiger charge is 2.14. The molecule has 6 heteroatoms. The van der Waals surface area contributed by atoms with Gasteiger partial charge in [-0.05, 0) is 24.3 Å². The van der Waals surface area contributed by atoms with Crippen molar-refractivity contribution in [3.05, 3.63) is 48.2 Å². The van der Waals surface area contributed by atoms with Gasteiger partial charge >= 0.3 is 0 Å². The van der Waals surface area contributed by atoms with E-state index in [1.54, 1.807) is 0 Å². The second-order valence-corrected chi connectivity index (χ2v) is 3.16. The third-order valence-corrected chi connectivity index (χ3v) is 1.99. The average Bonchev–Trinajstić information content (AvgIpc) is 2.32. The zero-order chi connectivity index (χ0) is 12.3. The highest BCUT2D eigenvalue weighted by atomic mass is 19.1. The lowest BCUT2D eigenvalue weighted by Crippen LogP contribution is -2.16. The molecule has 0 aliphatic rings. The standard InChI is InChI=1S/C11H8FN3O2/c12-7-3-1-5-13-9(7)11(17)15-10-8(16)4-2-6-14-10/h1-6,16H,(H,14,15,17). The van der Waals surface area contributed by atoms with Crippen molar-refractivity contribution in [1.29, 1.82) is 0 Å². The van der Waals surface area contributed by atoms with E-state index < -0.39 is 11.7 Å². The van der Waals surface area contributed by atoms with Gasteiger partial charge in [0, 0.05) is 12.4 Å². The monoisotopic (exact) mass is 233 g/mol. The number of hydrogen-bond acceptors (Lipinski definition) is 4. The first-order chi connectivity index (χ1) is 8.18. The van der Waals surface area contributed by atoms with Crippen LogP contribution in [0.15, 0.2) is 36.7 Å². The van der Waals surface area contributed by atoms with Gasteiger partial charge in [0.1, 0.15) is 0 Å². The topological polar surface area (TPSA) is 75.1 Å². The third kappa shape index (κ3) is 2.36. The summed E-state index contributed by atoms with van der Waals surface area (Å²) < 4.78 is 13.2. The van der Waals surface area contributed by atoms with Crippen molar-refractivity contribution >= 4 is 11.7 Å². The zero-order valence-electron chi connectivity index (χ0n) is 8.59. The van der Waals surface area contributed by atoms with Crippen molar-refractivity contribution in [2.24, 2.45) is 0 Å². The largest absolute Gasteiger partial charge is 0.504 e. The number of hydrogen-bond donors (Lipinski definition) is 2. The van der Waals surface area contributed by atoms with Crippen LogP contribution in [0.5, 0.6) is 5.75 Å². The Labute approximate surface area is 96.0 Å². The molecule has 1 amide bonds. The lowest BCUT2D eigenvalue weighted by molar-refractivity contribution is 0.101. The maximum absolute atomic E-state index is 13.2. The van der Waals surface area contributed by atoms with Gasteiger partial charge in [-0.15, -0.1) is 0 Å². The van der Waals surface area contributed by atoms with Crippen molar-refractivity contribution in [3.63, 3.8) is 0 Å². The quantitative estimate of drug-likeness (QED) is 0.825. The smallest absolute Gasteiger partial charge is 0.278 e. The number of nitrogens with zero attached hydrogens (tertiary/aromatic N) is 2. The van der Waals surface area contributed by atoms with E-state index in [-0.39, 0.29) is 17.3 Å². The lowest BCUT2D eigenvalue weighted by atomic mass is 10.3. The van der Waals surface area contributed by atoms with E-state index in [0.717, 1.165) is 6.07 Å². The molecule has 0 aromatic carbocycles. The summed E-state index contributed by atoms with van der Waals surface area (Å²) in [5.74, 6) is -1.74. The van der Waals surface area contributed by atoms with Crippen molar-refractivity contribution in [1.82, 2.24) is 9.97 Å². The minimum Gasteiger partial charge on any atom is -0.504 e. The highest BCUT2D eigenvalue weighted by molar-refractivity contribution is 6.03. The van der Waals surface area contributed by atoms with Gasteiger partial charge in [0.25, 0.3) is 5.91 Å². The van der Waals surface area contributed by atoms with Gasteiger partial charge in [-0.1, -0.05) is 0 Å². The molecule has 0 saturated heterocycles. The summed E-state index contributed by atoms with van der Waals surface area (Å²) in [6.07, 6.45) is 2.69. The number of pyridine rings is 2. The zero-order valence-corrected chi connectivity index (χ0v) is 8.59. The van der Waals surface area contributed by atoms with Gasteiger partial charge in [0.2, 0.25) is 0 Å². The van der Waals surface area contributed by atoms with Gasteiger partial charge in [0.15, 0.2) is 23.1 Å². The summed E-state index contributed by atoms with van der Waals surface area (Å²) in [5.41, 5.74) is -0.349. The van der Waals surface area contributed by atoms with E-state index in [1.807, 2.05) is 0 Å². The van der Waals surface area contributed by atoms with Crippen LogP contribution in [-0.4, -0.2) is 21.0 Å². The van der Waals surface area contributed by atoms with Crippen LogP contribution < -0.4 is 5.32 Å². The molecule has 0 bridgehead atoms. The molecule has 0 saturated carbocycles. The molecule has 17 heavy (non-hydrogen) atoms. The number of nitrogens with one attached hydrogen (secondary N) is 1. The fourth-order valence-electron chi connectivity index (χ4n) is 1.21. The van der Waals surface area contributed by atoms with Gasteiger partial charge in [-0.25, -0.2) is 14.4 Å². The molecular formula is C11H8FN3O2. The first kappa shape index (κ1) is 11.0. The van der Waals surface area contributed by atoms with Gasteiger partial charge in [0.05, 0.1) is 0 Å². The van der Waals surface area contributed by atoms with Crippen LogP contribution in [0, 0.1) is 5.82 Å². The molecule has 2 rings (SSSR count). The molecule has 0 atom stereocenters. The summed E-state index contributed by atoms with van der Waals surface area (Å²) in [4.78, 5) is 19.0. The Morgan fingerprint density at radius 3 is 2.65 bits per heavy atom. The number of halogens is 1. The molecule has 0 aliphatic carbocycles. The molecule has 2 aromatic heterocycles. The fourth-order valence-corrected chi connectivity index (χ4v) is 1.21. The van der Waals surface area contributed by atoms with Crippen LogP contribution in [0.2, 0.25) is 0 Å². The number of carbonyl (C=O) groups excluding carboxylic acids is 1. The lowest BCUT2D eigenvalue weighted by Gasteiger charge is -2.05. The van der Waals surface area contributed by atoms with E-state index in [1.165, 1.54) is 30.6 Å². The predicted molar refractivity (Wildman–Crippen MR) is 58.1 cm³/mol. The molecule has 5 nitrogen and oxygen atoms in total. The van der Waals surface area contributed by atoms with Crippen molar-refractivity contribution in [2.45, 2.75) is 0 Å². The van der Waals surface area contributed by atoms with Crippen LogP contribution in [0.3, 0.4) is 0 Å². The Morgan fingerprint density at radius 2 is 1.94 bits per heavy atom. The number of amides is 1. The Bertz CT molecular complexity index is 560. The minimum absolute atomic E-state index is 0.0393. The summed E-state index contributed by atoms with van der Waals surface area (Å²) >= 11 is 0. The summed E-state index contributed by atoms with van der Waals surface area (Å²) in [6, 6.07) is 5.37. The van der Waals surface area contributed by atoms with E-state index in [0.29, 0.717) is 0 Å². The molecule has 0 unspecified atom stereocenters. The van der Waals surface area contributed by atoms with E-state index in [9.17, 15) is 14.3 Å². The normalized spacial score (nSPS) is 9.94. The Morgan fingerprint density at radius 1 is 1.24 bits per heavy atom. The molecule has 0 fully saturated rings. The van der Waals surface area contributed by atoms with Crippen LogP contribution in [-0.2, 0) is 0 Å². The van der Waals surface area contributed by atoms with Crippen LogP contribution in [0.25, 0.3) is 0 Å². The molecular weight excluding hydrogens is 225 g/mol. The van der Waals surface area contributed by atoms with Gasteiger partial charge in [-0.3, -0.25) is 4.79 Å². The number of carbonyl (C=O) groups is 1. The second kappa shape index (κ2) is 4.56. The third-order valence-electron chi connectivity index (χ3n) is 1.99. The fraction of sp³-hybridized carbons (Fsp3) is 0. The Hall–Kier alpha value is -2.50. The highest BCUT2D eigenvalue weighted by Crippen LogP contribution is 2.19. The Balaban J connectivity index is 2.24. The summed E-state index contributed by atoms with van der Waals surface area (Å²) in [7, 11) is 0. The first-order valence-corrected chi connectivity index (χ1v) is 4.74. The molecule has 2 N–H and O–H groups in total. The molecule has 2 heterocycles. The summed E-state index contributed by atoms with van der Waals surface area (Å²) in [5, 5.41) is 11.6. The van der Waals surface area contributed by atoms with Gasteiger partial charge in [-0.2, -0.15) is 0 Å². The van der Waals surface area contributed by atoms with Crippen molar-refractivity contribution in [3.8, 4) is 5.75 Å².